The number of piperidine rings is 1. The van der Waals surface area contributed by atoms with Crippen molar-refractivity contribution >= 4 is 51.5 Å². The van der Waals surface area contributed by atoms with E-state index in [4.69, 9.17) is 16.6 Å². The van der Waals surface area contributed by atoms with Crippen molar-refractivity contribution < 1.29 is 9.59 Å². The predicted octanol–water partition coefficient (Wildman–Crippen LogP) is 5.54. The Hall–Kier alpha value is -3.23. The van der Waals surface area contributed by atoms with Gasteiger partial charge in [0.25, 0.3) is 11.8 Å². The van der Waals surface area contributed by atoms with Crippen molar-refractivity contribution in [2.75, 3.05) is 18.4 Å². The van der Waals surface area contributed by atoms with Gasteiger partial charge >= 0.3 is 0 Å². The summed E-state index contributed by atoms with van der Waals surface area (Å²) in [5.74, 6) is -0.431. The Balaban J connectivity index is 1.56. The molecule has 2 amide bonds. The fraction of sp³-hybridized carbons (Fsp3) is 0.280. The molecule has 3 aromatic heterocycles. The van der Waals surface area contributed by atoms with E-state index in [-0.39, 0.29) is 11.8 Å². The lowest BCUT2D eigenvalue weighted by molar-refractivity contribution is 0.0725. The number of halogens is 1. The molecule has 4 heterocycles. The van der Waals surface area contributed by atoms with E-state index >= 15 is 0 Å². The average Bonchev–Trinajstić information content (AvgIpc) is 3.47. The van der Waals surface area contributed by atoms with E-state index in [9.17, 15) is 9.59 Å². The summed E-state index contributed by atoms with van der Waals surface area (Å²) in [5.41, 5.74) is 3.33. The maximum Gasteiger partial charge on any atom is 0.256 e. The first-order valence-corrected chi connectivity index (χ1v) is 12.5. The number of aryl methyl sites for hydroxylation is 2. The lowest BCUT2D eigenvalue weighted by Crippen LogP contribution is -2.36. The van der Waals surface area contributed by atoms with Gasteiger partial charge in [-0.15, -0.1) is 11.3 Å². The molecule has 1 aliphatic heterocycles. The first-order valence-electron chi connectivity index (χ1n) is 11.2. The lowest BCUT2D eigenvalue weighted by atomic mass is 10.1. The van der Waals surface area contributed by atoms with Crippen LogP contribution in [0.3, 0.4) is 0 Å². The first-order chi connectivity index (χ1) is 16.4. The van der Waals surface area contributed by atoms with Gasteiger partial charge in [-0.3, -0.25) is 14.3 Å². The Morgan fingerprint density at radius 1 is 1.09 bits per heavy atom. The number of thiophene rings is 1. The molecule has 1 fully saturated rings. The summed E-state index contributed by atoms with van der Waals surface area (Å²) in [6.07, 6.45) is 3.10. The van der Waals surface area contributed by atoms with Gasteiger partial charge in [0.2, 0.25) is 0 Å². The number of pyridine rings is 1. The van der Waals surface area contributed by atoms with E-state index in [1.807, 2.05) is 36.4 Å². The molecule has 34 heavy (non-hydrogen) atoms. The van der Waals surface area contributed by atoms with Crippen LogP contribution in [-0.2, 0) is 7.05 Å². The van der Waals surface area contributed by atoms with Crippen LogP contribution in [0.4, 0.5) is 5.69 Å². The molecule has 1 N–H and O–H groups in total. The molecule has 5 rings (SSSR count). The third-order valence-electron chi connectivity index (χ3n) is 6.09. The number of hydrogen-bond acceptors (Lipinski definition) is 5. The number of aromatic nitrogens is 3. The summed E-state index contributed by atoms with van der Waals surface area (Å²) >= 11 is 7.81. The molecule has 9 heteroatoms. The van der Waals surface area contributed by atoms with E-state index in [1.165, 1.54) is 0 Å². The number of rotatable bonds is 4. The van der Waals surface area contributed by atoms with Gasteiger partial charge in [0.1, 0.15) is 0 Å². The first kappa shape index (κ1) is 22.6. The number of carbonyl (C=O) groups is 2. The molecular formula is C25H24ClN5O2S. The highest BCUT2D eigenvalue weighted by molar-refractivity contribution is 7.13. The second-order valence-corrected chi connectivity index (χ2v) is 9.82. The van der Waals surface area contributed by atoms with Crippen molar-refractivity contribution in [2.24, 2.45) is 7.05 Å². The molecule has 4 aromatic rings. The molecule has 0 unspecified atom stereocenters. The van der Waals surface area contributed by atoms with E-state index < -0.39 is 0 Å². The Morgan fingerprint density at radius 3 is 2.62 bits per heavy atom. The van der Waals surface area contributed by atoms with Crippen LogP contribution < -0.4 is 5.32 Å². The second-order valence-electron chi connectivity index (χ2n) is 8.44. The summed E-state index contributed by atoms with van der Waals surface area (Å²) in [4.78, 5) is 34.4. The number of benzene rings is 1. The van der Waals surface area contributed by atoms with Crippen molar-refractivity contribution in [1.82, 2.24) is 19.7 Å². The fourth-order valence-corrected chi connectivity index (χ4v) is 5.30. The number of amides is 2. The molecule has 0 aliphatic carbocycles. The van der Waals surface area contributed by atoms with Gasteiger partial charge in [-0.2, -0.15) is 5.10 Å². The number of nitrogens with one attached hydrogen (secondary N) is 1. The Labute approximate surface area is 206 Å². The topological polar surface area (TPSA) is 80.1 Å². The minimum atomic E-state index is -0.337. The highest BCUT2D eigenvalue weighted by Crippen LogP contribution is 2.31. The molecule has 174 valence electrons. The van der Waals surface area contributed by atoms with E-state index in [0.29, 0.717) is 44.3 Å². The van der Waals surface area contributed by atoms with Crippen molar-refractivity contribution in [3.63, 3.8) is 0 Å². The standard InChI is InChI=1S/C25H24ClN5O2S/c1-15-22-18(14-20(21-7-6-12-34-21)27-23(22)30(2)29-15)24(32)28-19-13-16(26)8-9-17(19)25(33)31-10-4-3-5-11-31/h6-9,12-14H,3-5,10-11H2,1-2H3,(H,28,32). The zero-order valence-electron chi connectivity index (χ0n) is 19.0. The number of likely N-dealkylation sites (tertiary alicyclic amines) is 1. The normalized spacial score (nSPS) is 13.9. The fourth-order valence-electron chi connectivity index (χ4n) is 4.44. The van der Waals surface area contributed by atoms with Crippen LogP contribution in [0.5, 0.6) is 0 Å². The Morgan fingerprint density at radius 2 is 1.88 bits per heavy atom. The van der Waals surface area contributed by atoms with Gasteiger partial charge in [0.05, 0.1) is 38.5 Å². The maximum absolute atomic E-state index is 13.6. The minimum Gasteiger partial charge on any atom is -0.339 e. The van der Waals surface area contributed by atoms with Gasteiger partial charge in [-0.25, -0.2) is 4.98 Å². The van der Waals surface area contributed by atoms with Crippen molar-refractivity contribution in [3.8, 4) is 10.6 Å². The zero-order chi connectivity index (χ0) is 23.8. The molecule has 0 bridgehead atoms. The third-order valence-corrected chi connectivity index (χ3v) is 7.22. The van der Waals surface area contributed by atoms with Crippen LogP contribution in [0.1, 0.15) is 45.7 Å². The predicted molar refractivity (Wildman–Crippen MR) is 136 cm³/mol. The summed E-state index contributed by atoms with van der Waals surface area (Å²) in [6.45, 7) is 3.30. The molecule has 1 saturated heterocycles. The quantitative estimate of drug-likeness (QED) is 0.405. The van der Waals surface area contributed by atoms with Crippen LogP contribution in [-0.4, -0.2) is 44.6 Å². The highest BCUT2D eigenvalue weighted by Gasteiger charge is 2.24. The van der Waals surface area contributed by atoms with Gasteiger partial charge in [-0.05, 0) is 61.9 Å². The Kier molecular flexibility index (Phi) is 6.10. The van der Waals surface area contributed by atoms with Crippen molar-refractivity contribution in [2.45, 2.75) is 26.2 Å². The summed E-state index contributed by atoms with van der Waals surface area (Å²) in [5, 5.41) is 10.5. The molecular weight excluding hydrogens is 470 g/mol. The summed E-state index contributed by atoms with van der Waals surface area (Å²) in [7, 11) is 1.81. The monoisotopic (exact) mass is 493 g/mol. The molecule has 0 atom stereocenters. The van der Waals surface area contributed by atoms with Gasteiger partial charge in [0, 0.05) is 25.2 Å². The van der Waals surface area contributed by atoms with Crippen LogP contribution in [0.2, 0.25) is 5.02 Å². The molecule has 0 radical (unpaired) electrons. The van der Waals surface area contributed by atoms with Crippen LogP contribution in [0.15, 0.2) is 41.8 Å². The van der Waals surface area contributed by atoms with Gasteiger partial charge < -0.3 is 10.2 Å². The Bertz CT molecular complexity index is 1390. The van der Waals surface area contributed by atoms with Crippen LogP contribution >= 0.6 is 22.9 Å². The number of hydrogen-bond donors (Lipinski definition) is 1. The average molecular weight is 494 g/mol. The number of nitrogens with zero attached hydrogens (tertiary/aromatic N) is 4. The smallest absolute Gasteiger partial charge is 0.256 e. The number of fused-ring (bicyclic) bond motifs is 1. The van der Waals surface area contributed by atoms with Gasteiger partial charge in [-0.1, -0.05) is 17.7 Å². The number of carbonyl (C=O) groups excluding carboxylic acids is 2. The zero-order valence-corrected chi connectivity index (χ0v) is 20.5. The lowest BCUT2D eigenvalue weighted by Gasteiger charge is -2.27. The maximum atomic E-state index is 13.6. The molecule has 1 aromatic carbocycles. The second kappa shape index (κ2) is 9.19. The molecule has 1 aliphatic rings. The minimum absolute atomic E-state index is 0.0941. The molecule has 0 spiro atoms. The van der Waals surface area contributed by atoms with E-state index in [0.717, 1.165) is 37.2 Å². The van der Waals surface area contributed by atoms with E-state index in [2.05, 4.69) is 10.4 Å². The highest BCUT2D eigenvalue weighted by atomic mass is 35.5. The van der Waals surface area contributed by atoms with Crippen molar-refractivity contribution in [1.29, 1.82) is 0 Å². The third kappa shape index (κ3) is 4.19. The summed E-state index contributed by atoms with van der Waals surface area (Å²) in [6, 6.07) is 10.7. The van der Waals surface area contributed by atoms with Crippen LogP contribution in [0, 0.1) is 6.92 Å². The van der Waals surface area contributed by atoms with Crippen molar-refractivity contribution in [3.05, 3.63) is 63.6 Å². The summed E-state index contributed by atoms with van der Waals surface area (Å²) < 4.78 is 1.68. The number of anilines is 1. The van der Waals surface area contributed by atoms with E-state index in [1.54, 1.807) is 40.3 Å². The molecule has 7 nitrogen and oxygen atoms in total. The molecule has 0 saturated carbocycles. The SMILES string of the molecule is Cc1nn(C)c2nc(-c3cccs3)cc(C(=O)Nc3cc(Cl)ccc3C(=O)N3CCCCC3)c12. The largest absolute Gasteiger partial charge is 0.339 e. The van der Waals surface area contributed by atoms with Crippen LogP contribution in [0.25, 0.3) is 21.6 Å². The van der Waals surface area contributed by atoms with Gasteiger partial charge in [0.15, 0.2) is 5.65 Å².